The van der Waals surface area contributed by atoms with E-state index in [1.165, 1.54) is 44.1 Å². The molecule has 0 saturated carbocycles. The van der Waals surface area contributed by atoms with Crippen molar-refractivity contribution in [3.63, 3.8) is 0 Å². The van der Waals surface area contributed by atoms with Gasteiger partial charge in [0.15, 0.2) is 0 Å². The van der Waals surface area contributed by atoms with Crippen LogP contribution >= 0.6 is 0 Å². The Morgan fingerprint density at radius 2 is 1.48 bits per heavy atom. The number of benzene rings is 1. The molecule has 0 aromatic heterocycles. The van der Waals surface area contributed by atoms with E-state index >= 15 is 0 Å². The van der Waals surface area contributed by atoms with Crippen LogP contribution in [0.3, 0.4) is 0 Å². The van der Waals surface area contributed by atoms with Gasteiger partial charge in [-0.15, -0.1) is 0 Å². The summed E-state index contributed by atoms with van der Waals surface area (Å²) in [6.45, 7) is 2.22. The molecule has 0 fully saturated rings. The Bertz CT molecular complexity index is 488. The van der Waals surface area contributed by atoms with Crippen LogP contribution in [0.25, 0.3) is 0 Å². The van der Waals surface area contributed by atoms with Gasteiger partial charge in [0.25, 0.3) is 0 Å². The molecule has 5 heteroatoms. The fourth-order valence-electron chi connectivity index (χ4n) is 2.88. The van der Waals surface area contributed by atoms with Crippen molar-refractivity contribution in [3.05, 3.63) is 35.9 Å². The normalized spacial score (nSPS) is 12.6. The van der Waals surface area contributed by atoms with E-state index in [1.807, 2.05) is 18.2 Å². The molecule has 0 aliphatic heterocycles. The van der Waals surface area contributed by atoms with Crippen molar-refractivity contribution in [1.82, 2.24) is 0 Å². The Hall–Kier alpha value is 0.130. The number of hydrogen-bond donors (Lipinski definition) is 0. The van der Waals surface area contributed by atoms with E-state index in [2.05, 4.69) is 19.1 Å². The van der Waals surface area contributed by atoms with Crippen LogP contribution < -0.4 is 29.6 Å². The number of rotatable bonds is 12. The molecule has 0 N–H and O–H groups in total. The maximum atomic E-state index is 10.8. The molecule has 0 heterocycles. The van der Waals surface area contributed by atoms with Crippen LogP contribution in [-0.2, 0) is 10.1 Å². The monoisotopic (exact) mass is 348 g/mol. The van der Waals surface area contributed by atoms with Crippen molar-refractivity contribution in [3.8, 4) is 0 Å². The van der Waals surface area contributed by atoms with Crippen molar-refractivity contribution in [1.29, 1.82) is 0 Å². The Morgan fingerprint density at radius 1 is 0.913 bits per heavy atom. The topological polar surface area (TPSA) is 57.2 Å². The van der Waals surface area contributed by atoms with Gasteiger partial charge in [0.1, 0.15) is 0 Å². The average Bonchev–Trinajstić information content (AvgIpc) is 2.48. The molecule has 23 heavy (non-hydrogen) atoms. The van der Waals surface area contributed by atoms with E-state index in [1.54, 1.807) is 0 Å². The number of unbranched alkanes of at least 4 members (excludes halogenated alkanes) is 5. The summed E-state index contributed by atoms with van der Waals surface area (Å²) in [6, 6.07) is 10.2. The zero-order valence-corrected chi connectivity index (χ0v) is 17.5. The molecule has 0 bridgehead atoms. The Labute approximate surface area is 164 Å². The summed E-state index contributed by atoms with van der Waals surface area (Å²) in [6.07, 6.45) is 9.89. The minimum atomic E-state index is -4.09. The Kier molecular flexibility index (Phi) is 13.5. The van der Waals surface area contributed by atoms with Crippen LogP contribution in [0.1, 0.15) is 76.2 Å². The van der Waals surface area contributed by atoms with Crippen LogP contribution in [0.15, 0.2) is 30.3 Å². The smallest absolute Gasteiger partial charge is 0.748 e. The first-order chi connectivity index (χ1) is 10.5. The van der Waals surface area contributed by atoms with Crippen LogP contribution in [0.5, 0.6) is 0 Å². The molecule has 1 rings (SSSR count). The SMILES string of the molecule is CCCCCCCCC(CCCS(=O)(=O)[O-])c1ccccc1.[Na+]. The fraction of sp³-hybridized carbons (Fsp3) is 0.667. The van der Waals surface area contributed by atoms with Gasteiger partial charge in [-0.05, 0) is 30.7 Å². The van der Waals surface area contributed by atoms with Gasteiger partial charge in [0.2, 0.25) is 0 Å². The van der Waals surface area contributed by atoms with Gasteiger partial charge in [-0.3, -0.25) is 0 Å². The molecule has 0 aliphatic rings. The minimum Gasteiger partial charge on any atom is -0.748 e. The summed E-state index contributed by atoms with van der Waals surface area (Å²) in [5, 5.41) is 0. The third-order valence-corrected chi connectivity index (χ3v) is 4.91. The molecule has 0 radical (unpaired) electrons. The standard InChI is InChI=1S/C18H30O3S.Na/c1-2-3-4-5-6-8-12-18(15-11-16-22(19,20)21)17-13-9-7-10-14-17;/h7,9-10,13-14,18H,2-6,8,11-12,15-16H2,1H3,(H,19,20,21);/q;+1/p-1. The zero-order valence-electron chi connectivity index (χ0n) is 14.7. The number of hydrogen-bond acceptors (Lipinski definition) is 3. The molecule has 3 nitrogen and oxygen atoms in total. The first-order valence-electron chi connectivity index (χ1n) is 8.51. The summed E-state index contributed by atoms with van der Waals surface area (Å²) in [4.78, 5) is 0. The van der Waals surface area contributed by atoms with E-state index in [4.69, 9.17) is 0 Å². The molecule has 0 saturated heterocycles. The van der Waals surface area contributed by atoms with Gasteiger partial charge in [-0.25, -0.2) is 8.42 Å². The van der Waals surface area contributed by atoms with Gasteiger partial charge in [0, 0.05) is 5.75 Å². The summed E-state index contributed by atoms with van der Waals surface area (Å²) in [5.74, 6) is 0.126. The summed E-state index contributed by atoms with van der Waals surface area (Å²) in [7, 11) is -4.09. The van der Waals surface area contributed by atoms with Gasteiger partial charge >= 0.3 is 29.6 Å². The molecule has 1 aromatic carbocycles. The average molecular weight is 348 g/mol. The summed E-state index contributed by atoms with van der Waals surface area (Å²) >= 11 is 0. The molecule has 126 valence electrons. The van der Waals surface area contributed by atoms with E-state index in [-0.39, 0.29) is 35.3 Å². The fourth-order valence-corrected chi connectivity index (χ4v) is 3.40. The van der Waals surface area contributed by atoms with E-state index in [0.717, 1.165) is 12.8 Å². The largest absolute Gasteiger partial charge is 1.00 e. The maximum absolute atomic E-state index is 10.8. The van der Waals surface area contributed by atoms with Crippen molar-refractivity contribution in [2.24, 2.45) is 0 Å². The summed E-state index contributed by atoms with van der Waals surface area (Å²) in [5.41, 5.74) is 1.26. The van der Waals surface area contributed by atoms with E-state index < -0.39 is 10.1 Å². The second kappa shape index (κ2) is 13.4. The zero-order chi connectivity index (χ0) is 16.3. The molecular weight excluding hydrogens is 319 g/mol. The second-order valence-corrected chi connectivity index (χ2v) is 7.59. The van der Waals surface area contributed by atoms with Crippen LogP contribution in [0.2, 0.25) is 0 Å². The minimum absolute atomic E-state index is 0. The van der Waals surface area contributed by atoms with Crippen molar-refractivity contribution in [2.75, 3.05) is 5.75 Å². The molecule has 0 aliphatic carbocycles. The molecular formula is C18H29NaO3S. The van der Waals surface area contributed by atoms with Gasteiger partial charge < -0.3 is 4.55 Å². The molecule has 1 atom stereocenters. The predicted molar refractivity (Wildman–Crippen MR) is 91.0 cm³/mol. The van der Waals surface area contributed by atoms with Gasteiger partial charge in [-0.2, -0.15) is 0 Å². The van der Waals surface area contributed by atoms with Gasteiger partial charge in [-0.1, -0.05) is 75.8 Å². The van der Waals surface area contributed by atoms with E-state index in [9.17, 15) is 13.0 Å². The maximum Gasteiger partial charge on any atom is 1.00 e. The first-order valence-corrected chi connectivity index (χ1v) is 10.1. The van der Waals surface area contributed by atoms with E-state index in [0.29, 0.717) is 12.3 Å². The first kappa shape index (κ1) is 23.1. The van der Waals surface area contributed by atoms with Gasteiger partial charge in [0.05, 0.1) is 10.1 Å². The third-order valence-electron chi connectivity index (χ3n) is 4.12. The summed E-state index contributed by atoms with van der Waals surface area (Å²) < 4.78 is 32.3. The molecule has 1 unspecified atom stereocenters. The Morgan fingerprint density at radius 3 is 2.09 bits per heavy atom. The molecule has 1 aromatic rings. The van der Waals surface area contributed by atoms with Crippen LogP contribution in [0.4, 0.5) is 0 Å². The van der Waals surface area contributed by atoms with Crippen LogP contribution in [0, 0.1) is 0 Å². The quantitative estimate of drug-likeness (QED) is 0.329. The molecule has 0 amide bonds. The van der Waals surface area contributed by atoms with Crippen molar-refractivity contribution >= 4 is 10.1 Å². The predicted octanol–water partition coefficient (Wildman–Crippen LogP) is 1.85. The Balaban J connectivity index is 0.00000484. The van der Waals surface area contributed by atoms with Crippen LogP contribution in [-0.4, -0.2) is 18.7 Å². The van der Waals surface area contributed by atoms with Crippen molar-refractivity contribution < 1.29 is 42.5 Å². The molecule has 0 spiro atoms. The second-order valence-electron chi connectivity index (χ2n) is 6.07. The third kappa shape index (κ3) is 12.2. The van der Waals surface area contributed by atoms with Crippen molar-refractivity contribution in [2.45, 2.75) is 70.6 Å².